The Balaban J connectivity index is 1.35. The first-order chi connectivity index (χ1) is 16.7. The summed E-state index contributed by atoms with van der Waals surface area (Å²) in [7, 11) is 1.33. The van der Waals surface area contributed by atoms with E-state index in [1.54, 1.807) is 35.2 Å². The predicted molar refractivity (Wildman–Crippen MR) is 128 cm³/mol. The number of anilines is 1. The molecule has 2 aliphatic rings. The van der Waals surface area contributed by atoms with Crippen molar-refractivity contribution in [1.29, 1.82) is 0 Å². The number of hydrogen-bond acceptors (Lipinski definition) is 6. The van der Waals surface area contributed by atoms with E-state index in [9.17, 15) is 19.1 Å². The van der Waals surface area contributed by atoms with E-state index in [4.69, 9.17) is 16.3 Å². The number of benzene rings is 2. The van der Waals surface area contributed by atoms with Crippen LogP contribution < -0.4 is 10.2 Å². The molecule has 0 spiro atoms. The van der Waals surface area contributed by atoms with Gasteiger partial charge >= 0.3 is 5.97 Å². The molecule has 2 fully saturated rings. The number of carbonyl (C=O) groups is 2. The van der Waals surface area contributed by atoms with Gasteiger partial charge in [0, 0.05) is 6.20 Å². The number of amides is 1. The third-order valence-corrected chi connectivity index (χ3v) is 6.81. The number of ether oxygens (including phenoxy) is 1. The smallest absolute Gasteiger partial charge is 0.337 e. The Labute approximate surface area is 206 Å². The number of aromatic nitrogens is 1. The van der Waals surface area contributed by atoms with E-state index in [1.807, 2.05) is 12.1 Å². The number of nitrogens with one attached hydrogen (secondary N) is 1. The highest BCUT2D eigenvalue weighted by molar-refractivity contribution is 6.31. The molecule has 2 heterocycles. The maximum absolute atomic E-state index is 13.6. The minimum absolute atomic E-state index is 0.158. The van der Waals surface area contributed by atoms with Crippen LogP contribution in [0.3, 0.4) is 0 Å². The fraction of sp³-hybridized carbons (Fsp3) is 0.269. The van der Waals surface area contributed by atoms with Gasteiger partial charge in [0.1, 0.15) is 17.2 Å². The minimum atomic E-state index is -1.24. The highest BCUT2D eigenvalue weighted by Crippen LogP contribution is 2.46. The Kier molecular flexibility index (Phi) is 5.73. The molecule has 2 N–H and O–H groups in total. The predicted octanol–water partition coefficient (Wildman–Crippen LogP) is 3.79. The number of esters is 1. The third-order valence-electron chi connectivity index (χ3n) is 6.61. The van der Waals surface area contributed by atoms with Gasteiger partial charge in [-0.25, -0.2) is 14.2 Å². The number of halogens is 2. The zero-order valence-electron chi connectivity index (χ0n) is 18.9. The second kappa shape index (κ2) is 8.62. The fourth-order valence-electron chi connectivity index (χ4n) is 4.49. The lowest BCUT2D eigenvalue weighted by Gasteiger charge is -2.47. The van der Waals surface area contributed by atoms with E-state index >= 15 is 0 Å². The van der Waals surface area contributed by atoms with Crippen LogP contribution in [0, 0.1) is 5.82 Å². The molecule has 7 nitrogen and oxygen atoms in total. The summed E-state index contributed by atoms with van der Waals surface area (Å²) < 4.78 is 18.4. The highest BCUT2D eigenvalue weighted by Gasteiger charge is 2.48. The molecule has 1 saturated carbocycles. The number of pyridine rings is 1. The highest BCUT2D eigenvalue weighted by atomic mass is 35.5. The molecular weight excluding hydrogens is 473 g/mol. The van der Waals surface area contributed by atoms with Crippen molar-refractivity contribution in [1.82, 2.24) is 10.3 Å². The molecule has 5 rings (SSSR count). The van der Waals surface area contributed by atoms with Crippen LogP contribution in [-0.4, -0.2) is 42.2 Å². The SMILES string of the molecule is COC(=O)c1ccc(C2(NC(=O)c3cc(Cl)cnc3N3CC(O)(c4cccc(F)c4)C3)CC2)cc1. The summed E-state index contributed by atoms with van der Waals surface area (Å²) in [6.07, 6.45) is 2.96. The summed E-state index contributed by atoms with van der Waals surface area (Å²) in [5.74, 6) is -0.795. The molecule has 1 aliphatic heterocycles. The molecule has 1 aliphatic carbocycles. The monoisotopic (exact) mass is 495 g/mol. The average Bonchev–Trinajstić information content (AvgIpc) is 3.62. The van der Waals surface area contributed by atoms with Gasteiger partial charge in [0.2, 0.25) is 0 Å². The van der Waals surface area contributed by atoms with E-state index in [0.29, 0.717) is 22.0 Å². The van der Waals surface area contributed by atoms with Crippen molar-refractivity contribution >= 4 is 29.3 Å². The lowest BCUT2D eigenvalue weighted by molar-refractivity contribution is 0.00665. The Bertz CT molecular complexity index is 1300. The van der Waals surface area contributed by atoms with Crippen LogP contribution in [0.1, 0.15) is 44.7 Å². The second-order valence-electron chi connectivity index (χ2n) is 9.03. The first-order valence-electron chi connectivity index (χ1n) is 11.1. The van der Waals surface area contributed by atoms with Gasteiger partial charge in [-0.3, -0.25) is 4.79 Å². The normalized spacial score (nSPS) is 17.3. The van der Waals surface area contributed by atoms with Crippen molar-refractivity contribution in [3.05, 3.63) is 93.9 Å². The summed E-state index contributed by atoms with van der Waals surface area (Å²) >= 11 is 6.16. The summed E-state index contributed by atoms with van der Waals surface area (Å²) in [4.78, 5) is 31.2. The topological polar surface area (TPSA) is 91.8 Å². The molecule has 35 heavy (non-hydrogen) atoms. The van der Waals surface area contributed by atoms with Crippen LogP contribution in [-0.2, 0) is 15.9 Å². The van der Waals surface area contributed by atoms with Gasteiger partial charge in [-0.1, -0.05) is 35.9 Å². The molecule has 0 bridgehead atoms. The molecule has 180 valence electrons. The van der Waals surface area contributed by atoms with Crippen molar-refractivity contribution in [2.24, 2.45) is 0 Å². The van der Waals surface area contributed by atoms with Crippen molar-refractivity contribution in [3.8, 4) is 0 Å². The molecular formula is C26H23ClFN3O4. The molecule has 0 unspecified atom stereocenters. The van der Waals surface area contributed by atoms with Gasteiger partial charge in [-0.05, 0) is 54.3 Å². The number of β-amino-alcohol motifs (C(OH)–C–C–N with tert-alkyl or cyclic N) is 1. The largest absolute Gasteiger partial charge is 0.465 e. The van der Waals surface area contributed by atoms with E-state index in [1.165, 1.54) is 25.4 Å². The Hall–Kier alpha value is -3.49. The molecule has 2 aromatic carbocycles. The summed E-state index contributed by atoms with van der Waals surface area (Å²) in [5.41, 5.74) is 0.304. The van der Waals surface area contributed by atoms with Crippen LogP contribution in [0.4, 0.5) is 10.2 Å². The number of rotatable bonds is 6. The molecule has 1 amide bonds. The van der Waals surface area contributed by atoms with Gasteiger partial charge in [-0.2, -0.15) is 0 Å². The van der Waals surface area contributed by atoms with Crippen molar-refractivity contribution < 1.29 is 23.8 Å². The molecule has 3 aromatic rings. The standard InChI is InChI=1S/C26H23ClFN3O4/c1-35-24(33)16-5-7-17(8-6-16)25(9-10-25)30-23(32)21-12-19(27)13-29-22(21)31-14-26(34,15-31)18-3-2-4-20(28)11-18/h2-8,11-13,34H,9-10,14-15H2,1H3,(H,30,32). The van der Waals surface area contributed by atoms with Gasteiger partial charge in [-0.15, -0.1) is 0 Å². The Morgan fingerprint density at radius 2 is 1.83 bits per heavy atom. The number of aliphatic hydroxyl groups is 1. The number of nitrogens with zero attached hydrogens (tertiary/aromatic N) is 2. The van der Waals surface area contributed by atoms with Crippen LogP contribution in [0.5, 0.6) is 0 Å². The molecule has 9 heteroatoms. The Morgan fingerprint density at radius 1 is 1.11 bits per heavy atom. The average molecular weight is 496 g/mol. The lowest BCUT2D eigenvalue weighted by atomic mass is 9.85. The van der Waals surface area contributed by atoms with Gasteiger partial charge in [0.15, 0.2) is 0 Å². The quantitative estimate of drug-likeness (QED) is 0.506. The fourth-order valence-corrected chi connectivity index (χ4v) is 4.64. The lowest BCUT2D eigenvalue weighted by Crippen LogP contribution is -2.60. The second-order valence-corrected chi connectivity index (χ2v) is 9.46. The zero-order chi connectivity index (χ0) is 24.8. The van der Waals surface area contributed by atoms with Crippen LogP contribution in [0.25, 0.3) is 0 Å². The van der Waals surface area contributed by atoms with Gasteiger partial charge in [0.25, 0.3) is 5.91 Å². The van der Waals surface area contributed by atoms with Crippen LogP contribution in [0.15, 0.2) is 60.8 Å². The first-order valence-corrected chi connectivity index (χ1v) is 11.5. The van der Waals surface area contributed by atoms with E-state index in [2.05, 4.69) is 10.3 Å². The van der Waals surface area contributed by atoms with Gasteiger partial charge in [0.05, 0.1) is 41.9 Å². The van der Waals surface area contributed by atoms with Crippen LogP contribution in [0.2, 0.25) is 5.02 Å². The first kappa shape index (κ1) is 23.3. The van der Waals surface area contributed by atoms with Crippen molar-refractivity contribution in [2.75, 3.05) is 25.1 Å². The maximum Gasteiger partial charge on any atom is 0.337 e. The summed E-state index contributed by atoms with van der Waals surface area (Å²) in [6, 6.07) is 14.4. The van der Waals surface area contributed by atoms with Gasteiger partial charge < -0.3 is 20.1 Å². The zero-order valence-corrected chi connectivity index (χ0v) is 19.7. The number of carbonyl (C=O) groups excluding carboxylic acids is 2. The Morgan fingerprint density at radius 3 is 2.46 bits per heavy atom. The van der Waals surface area contributed by atoms with E-state index < -0.39 is 22.9 Å². The summed E-state index contributed by atoms with van der Waals surface area (Å²) in [6.45, 7) is 0.316. The molecule has 1 aromatic heterocycles. The molecule has 1 saturated heterocycles. The van der Waals surface area contributed by atoms with Crippen LogP contribution >= 0.6 is 11.6 Å². The molecule has 0 radical (unpaired) electrons. The number of hydrogen-bond donors (Lipinski definition) is 2. The summed E-state index contributed by atoms with van der Waals surface area (Å²) in [5, 5.41) is 14.4. The maximum atomic E-state index is 13.6. The third kappa shape index (κ3) is 4.35. The van der Waals surface area contributed by atoms with E-state index in [0.717, 1.165) is 18.4 Å². The number of methoxy groups -OCH3 is 1. The van der Waals surface area contributed by atoms with Crippen molar-refractivity contribution in [3.63, 3.8) is 0 Å². The minimum Gasteiger partial charge on any atom is -0.465 e. The van der Waals surface area contributed by atoms with Crippen molar-refractivity contribution in [2.45, 2.75) is 24.0 Å². The van der Waals surface area contributed by atoms with E-state index in [-0.39, 0.29) is 24.6 Å². The molecule has 0 atom stereocenters.